The topological polar surface area (TPSA) is 81.7 Å². The highest BCUT2D eigenvalue weighted by molar-refractivity contribution is 8.00. The monoisotopic (exact) mass is 405 g/mol. The van der Waals surface area contributed by atoms with Crippen molar-refractivity contribution in [3.8, 4) is 5.75 Å². The summed E-state index contributed by atoms with van der Waals surface area (Å²) in [5.41, 5.74) is 0.769. The van der Waals surface area contributed by atoms with E-state index in [0.717, 1.165) is 17.8 Å². The third-order valence-corrected chi connectivity index (χ3v) is 4.53. The molecule has 0 aliphatic heterocycles. The fraction of sp³-hybridized carbons (Fsp3) is 0.250. The van der Waals surface area contributed by atoms with Gasteiger partial charge in [0.15, 0.2) is 12.4 Å². The molecule has 0 aromatic heterocycles. The average molecular weight is 405 g/mol. The van der Waals surface area contributed by atoms with E-state index in [0.29, 0.717) is 11.4 Å². The van der Waals surface area contributed by atoms with E-state index in [4.69, 9.17) is 9.47 Å². The Morgan fingerprint density at radius 3 is 2.61 bits per heavy atom. The van der Waals surface area contributed by atoms with Crippen LogP contribution in [0.5, 0.6) is 5.75 Å². The molecule has 0 radical (unpaired) electrons. The van der Waals surface area contributed by atoms with E-state index < -0.39 is 11.8 Å². The summed E-state index contributed by atoms with van der Waals surface area (Å²) in [4.78, 5) is 35.0. The Hall–Kier alpha value is -2.87. The van der Waals surface area contributed by atoms with Gasteiger partial charge in [0.05, 0.1) is 12.4 Å². The van der Waals surface area contributed by atoms with Crippen molar-refractivity contribution in [3.05, 3.63) is 53.8 Å². The molecular weight excluding hydrogens is 385 g/mol. The van der Waals surface area contributed by atoms with Crippen molar-refractivity contribution >= 4 is 35.1 Å². The Morgan fingerprint density at radius 1 is 1.14 bits per heavy atom. The number of halogens is 1. The van der Waals surface area contributed by atoms with Crippen LogP contribution in [-0.2, 0) is 14.3 Å². The molecule has 0 spiro atoms. The Kier molecular flexibility index (Phi) is 8.01. The van der Waals surface area contributed by atoms with Crippen molar-refractivity contribution in [3.63, 3.8) is 0 Å². The summed E-state index contributed by atoms with van der Waals surface area (Å²) in [6, 6.07) is 10.7. The van der Waals surface area contributed by atoms with Crippen LogP contribution in [0.2, 0.25) is 0 Å². The number of Topliss-reactive ketones (excluding diaryl/α,β-unsaturated/α-hetero) is 1. The summed E-state index contributed by atoms with van der Waals surface area (Å²) in [7, 11) is 0. The van der Waals surface area contributed by atoms with Gasteiger partial charge in [0.2, 0.25) is 5.91 Å². The van der Waals surface area contributed by atoms with E-state index in [1.807, 2.05) is 0 Å². The summed E-state index contributed by atoms with van der Waals surface area (Å²) in [6.45, 7) is 3.11. The maximum Gasteiger partial charge on any atom is 0.344 e. The molecular formula is C20H20FNO5S. The van der Waals surface area contributed by atoms with Gasteiger partial charge in [-0.1, -0.05) is 12.1 Å². The Labute approximate surface area is 166 Å². The molecule has 28 heavy (non-hydrogen) atoms. The Balaban J connectivity index is 1.88. The first kappa shape index (κ1) is 21.4. The van der Waals surface area contributed by atoms with Gasteiger partial charge >= 0.3 is 5.97 Å². The first-order valence-electron chi connectivity index (χ1n) is 8.50. The molecule has 1 amide bonds. The number of ketones is 1. The van der Waals surface area contributed by atoms with Gasteiger partial charge < -0.3 is 14.8 Å². The number of nitrogens with one attached hydrogen (secondary N) is 1. The number of benzene rings is 2. The molecule has 0 bridgehead atoms. The van der Waals surface area contributed by atoms with Crippen LogP contribution >= 0.6 is 11.8 Å². The highest BCUT2D eigenvalue weighted by Crippen LogP contribution is 2.24. The Morgan fingerprint density at radius 2 is 1.93 bits per heavy atom. The lowest BCUT2D eigenvalue weighted by Crippen LogP contribution is -2.15. The summed E-state index contributed by atoms with van der Waals surface area (Å²) in [6.07, 6.45) is 0. The van der Waals surface area contributed by atoms with E-state index >= 15 is 0 Å². The van der Waals surface area contributed by atoms with E-state index in [2.05, 4.69) is 5.32 Å². The van der Waals surface area contributed by atoms with Gasteiger partial charge in [-0.2, -0.15) is 0 Å². The van der Waals surface area contributed by atoms with Crippen molar-refractivity contribution < 1.29 is 28.2 Å². The minimum atomic E-state index is -0.542. The van der Waals surface area contributed by atoms with Gasteiger partial charge in [-0.15, -0.1) is 11.8 Å². The highest BCUT2D eigenvalue weighted by atomic mass is 32.2. The number of rotatable bonds is 9. The van der Waals surface area contributed by atoms with E-state index in [1.54, 1.807) is 31.2 Å². The number of hydrogen-bond donors (Lipinski definition) is 1. The minimum Gasteiger partial charge on any atom is -0.482 e. The summed E-state index contributed by atoms with van der Waals surface area (Å²) < 4.78 is 24.1. The van der Waals surface area contributed by atoms with Crippen molar-refractivity contribution in [2.45, 2.75) is 18.7 Å². The van der Waals surface area contributed by atoms with Gasteiger partial charge in [0.25, 0.3) is 0 Å². The second kappa shape index (κ2) is 10.5. The number of thioether (sulfide) groups is 1. The smallest absolute Gasteiger partial charge is 0.344 e. The van der Waals surface area contributed by atoms with Gasteiger partial charge in [-0.05, 0) is 38.1 Å². The van der Waals surface area contributed by atoms with Crippen molar-refractivity contribution in [1.29, 1.82) is 0 Å². The van der Waals surface area contributed by atoms with Crippen molar-refractivity contribution in [2.75, 3.05) is 24.3 Å². The maximum absolute atomic E-state index is 14.0. The van der Waals surface area contributed by atoms with Crippen LogP contribution in [-0.4, -0.2) is 36.6 Å². The fourth-order valence-electron chi connectivity index (χ4n) is 2.19. The highest BCUT2D eigenvalue weighted by Gasteiger charge is 2.10. The molecule has 2 aromatic rings. The van der Waals surface area contributed by atoms with E-state index in [9.17, 15) is 18.8 Å². The Bertz CT molecular complexity index is 871. The molecule has 0 saturated carbocycles. The number of amides is 1. The number of esters is 1. The zero-order chi connectivity index (χ0) is 20.5. The molecule has 2 rings (SSSR count). The van der Waals surface area contributed by atoms with Gasteiger partial charge in [0.1, 0.15) is 11.6 Å². The largest absolute Gasteiger partial charge is 0.482 e. The summed E-state index contributed by atoms with van der Waals surface area (Å²) in [5, 5.41) is 2.68. The molecule has 0 unspecified atom stereocenters. The fourth-order valence-corrected chi connectivity index (χ4v) is 2.91. The van der Waals surface area contributed by atoms with Crippen LogP contribution in [0, 0.1) is 5.82 Å². The molecule has 0 fully saturated rings. The molecule has 0 aliphatic rings. The third-order valence-electron chi connectivity index (χ3n) is 3.48. The van der Waals surface area contributed by atoms with E-state index in [1.165, 1.54) is 19.1 Å². The number of ether oxygens (including phenoxy) is 2. The third kappa shape index (κ3) is 6.70. The maximum atomic E-state index is 14.0. The first-order valence-corrected chi connectivity index (χ1v) is 9.49. The lowest BCUT2D eigenvalue weighted by molar-refractivity contribution is -0.145. The number of anilines is 1. The molecule has 148 valence electrons. The number of carbonyl (C=O) groups excluding carboxylic acids is 3. The molecule has 0 atom stereocenters. The molecule has 1 N–H and O–H groups in total. The van der Waals surface area contributed by atoms with Crippen LogP contribution in [0.15, 0.2) is 47.4 Å². The SMILES string of the molecule is CCOC(=O)COc1cccc(NC(=O)CSc2ccc(C(C)=O)cc2F)c1. The van der Waals surface area contributed by atoms with Crippen LogP contribution < -0.4 is 10.1 Å². The molecule has 2 aromatic carbocycles. The van der Waals surface area contributed by atoms with Crippen molar-refractivity contribution in [2.24, 2.45) is 0 Å². The lowest BCUT2D eigenvalue weighted by Gasteiger charge is -2.09. The molecule has 0 heterocycles. The van der Waals surface area contributed by atoms with Crippen LogP contribution in [0.4, 0.5) is 10.1 Å². The van der Waals surface area contributed by atoms with Gasteiger partial charge in [-0.25, -0.2) is 9.18 Å². The standard InChI is InChI=1S/C20H20FNO5S/c1-3-26-20(25)11-27-16-6-4-5-15(10-16)22-19(24)12-28-18-8-7-14(13(2)23)9-17(18)21/h4-10H,3,11-12H2,1-2H3,(H,22,24). The van der Waals surface area contributed by atoms with E-state index in [-0.39, 0.29) is 41.1 Å². The minimum absolute atomic E-state index is 0.00967. The average Bonchev–Trinajstić information content (AvgIpc) is 2.66. The van der Waals surface area contributed by atoms with Crippen molar-refractivity contribution in [1.82, 2.24) is 0 Å². The molecule has 8 heteroatoms. The van der Waals surface area contributed by atoms with Crippen LogP contribution in [0.3, 0.4) is 0 Å². The predicted molar refractivity (Wildman–Crippen MR) is 104 cm³/mol. The second-order valence-electron chi connectivity index (χ2n) is 5.66. The quantitative estimate of drug-likeness (QED) is 0.389. The second-order valence-corrected chi connectivity index (χ2v) is 6.68. The van der Waals surface area contributed by atoms with Crippen LogP contribution in [0.25, 0.3) is 0 Å². The van der Waals surface area contributed by atoms with Crippen LogP contribution in [0.1, 0.15) is 24.2 Å². The zero-order valence-electron chi connectivity index (χ0n) is 15.5. The normalized spacial score (nSPS) is 10.2. The number of hydrogen-bond acceptors (Lipinski definition) is 6. The summed E-state index contributed by atoms with van der Waals surface area (Å²) in [5.74, 6) is -1.18. The zero-order valence-corrected chi connectivity index (χ0v) is 16.3. The van der Waals surface area contributed by atoms with Gasteiger partial charge in [-0.3, -0.25) is 9.59 Å². The predicted octanol–water partition coefficient (Wildman–Crippen LogP) is 3.70. The molecule has 0 aliphatic carbocycles. The molecule has 0 saturated heterocycles. The summed E-state index contributed by atoms with van der Waals surface area (Å²) >= 11 is 1.03. The first-order chi connectivity index (χ1) is 13.4. The lowest BCUT2D eigenvalue weighted by atomic mass is 10.1. The number of carbonyl (C=O) groups is 3. The van der Waals surface area contributed by atoms with Gasteiger partial charge in [0, 0.05) is 22.2 Å². The molecule has 6 nitrogen and oxygen atoms in total.